The highest BCUT2D eigenvalue weighted by atomic mass is 79.9. The monoisotopic (exact) mass is 248 g/mol. The van der Waals surface area contributed by atoms with E-state index in [2.05, 4.69) is 43.6 Å². The van der Waals surface area contributed by atoms with Crippen molar-refractivity contribution in [1.82, 2.24) is 0 Å². The second-order valence-electron chi connectivity index (χ2n) is 5.04. The lowest BCUT2D eigenvalue weighted by molar-refractivity contribution is 0.376. The van der Waals surface area contributed by atoms with Crippen LogP contribution in [0, 0.1) is 5.41 Å². The topological polar surface area (TPSA) is 0 Å². The standard InChI is InChI=1S/C12H25Br/c1-5-6-7-8-9-10-11(13)12(2,3)4/h11H,5-10H2,1-4H3. The van der Waals surface area contributed by atoms with Crippen LogP contribution < -0.4 is 0 Å². The van der Waals surface area contributed by atoms with Crippen LogP contribution in [0.2, 0.25) is 0 Å². The van der Waals surface area contributed by atoms with Crippen LogP contribution in [0.25, 0.3) is 0 Å². The molecule has 0 saturated heterocycles. The summed E-state index contributed by atoms with van der Waals surface area (Å²) in [7, 11) is 0. The van der Waals surface area contributed by atoms with Crippen molar-refractivity contribution in [2.75, 3.05) is 0 Å². The van der Waals surface area contributed by atoms with Gasteiger partial charge in [-0.3, -0.25) is 0 Å². The SMILES string of the molecule is CCCCCCCC(Br)C(C)(C)C. The molecule has 1 atom stereocenters. The predicted molar refractivity (Wildman–Crippen MR) is 65.5 cm³/mol. The molecule has 0 spiro atoms. The Morgan fingerprint density at radius 2 is 1.54 bits per heavy atom. The average Bonchev–Trinajstić information content (AvgIpc) is 2.02. The van der Waals surface area contributed by atoms with E-state index in [-0.39, 0.29) is 0 Å². The maximum absolute atomic E-state index is 3.77. The van der Waals surface area contributed by atoms with E-state index < -0.39 is 0 Å². The highest BCUT2D eigenvalue weighted by molar-refractivity contribution is 9.09. The molecule has 1 unspecified atom stereocenters. The fourth-order valence-corrected chi connectivity index (χ4v) is 1.68. The number of hydrogen-bond donors (Lipinski definition) is 0. The van der Waals surface area contributed by atoms with E-state index in [0.717, 1.165) is 0 Å². The maximum atomic E-state index is 3.77. The smallest absolute Gasteiger partial charge is 0.0194 e. The minimum absolute atomic E-state index is 0.421. The van der Waals surface area contributed by atoms with E-state index in [1.807, 2.05) is 0 Å². The minimum Gasteiger partial charge on any atom is -0.0885 e. The van der Waals surface area contributed by atoms with E-state index in [1.54, 1.807) is 0 Å². The number of hydrogen-bond acceptors (Lipinski definition) is 0. The molecule has 0 aromatic carbocycles. The molecule has 0 heterocycles. The molecule has 0 aliphatic heterocycles. The molecule has 0 bridgehead atoms. The number of alkyl halides is 1. The number of unbranched alkanes of at least 4 members (excludes halogenated alkanes) is 4. The van der Waals surface area contributed by atoms with Crippen LogP contribution in [-0.2, 0) is 0 Å². The number of rotatable bonds is 6. The van der Waals surface area contributed by atoms with Crippen molar-refractivity contribution in [1.29, 1.82) is 0 Å². The first-order valence-electron chi connectivity index (χ1n) is 5.62. The van der Waals surface area contributed by atoms with Gasteiger partial charge in [0.25, 0.3) is 0 Å². The van der Waals surface area contributed by atoms with Crippen molar-refractivity contribution in [3.05, 3.63) is 0 Å². The van der Waals surface area contributed by atoms with Crippen LogP contribution in [0.3, 0.4) is 0 Å². The summed E-state index contributed by atoms with van der Waals surface area (Å²) < 4.78 is 0. The lowest BCUT2D eigenvalue weighted by Gasteiger charge is -2.25. The molecule has 0 radical (unpaired) electrons. The predicted octanol–water partition coefficient (Wildman–Crippen LogP) is 5.16. The fraction of sp³-hybridized carbons (Fsp3) is 1.00. The molecule has 0 fully saturated rings. The summed E-state index contributed by atoms with van der Waals surface area (Å²) in [5.74, 6) is 0. The van der Waals surface area contributed by atoms with Gasteiger partial charge in [-0.05, 0) is 11.8 Å². The Morgan fingerprint density at radius 3 is 2.00 bits per heavy atom. The second-order valence-corrected chi connectivity index (χ2v) is 6.14. The molecule has 0 nitrogen and oxygen atoms in total. The van der Waals surface area contributed by atoms with Crippen LogP contribution in [0.15, 0.2) is 0 Å². The Labute approximate surface area is 92.6 Å². The van der Waals surface area contributed by atoms with Crippen molar-refractivity contribution in [2.45, 2.75) is 71.0 Å². The summed E-state index contributed by atoms with van der Waals surface area (Å²) in [6.07, 6.45) is 8.28. The third kappa shape index (κ3) is 7.54. The molecule has 0 aliphatic rings. The van der Waals surface area contributed by atoms with Gasteiger partial charge in [0.1, 0.15) is 0 Å². The van der Waals surface area contributed by atoms with Crippen LogP contribution in [0.4, 0.5) is 0 Å². The van der Waals surface area contributed by atoms with Crippen molar-refractivity contribution >= 4 is 15.9 Å². The quantitative estimate of drug-likeness (QED) is 0.450. The first-order valence-corrected chi connectivity index (χ1v) is 6.54. The Balaban J connectivity index is 3.32. The van der Waals surface area contributed by atoms with Crippen LogP contribution in [-0.4, -0.2) is 4.83 Å². The van der Waals surface area contributed by atoms with E-state index in [4.69, 9.17) is 0 Å². The van der Waals surface area contributed by atoms with Gasteiger partial charge in [0.05, 0.1) is 0 Å². The summed E-state index contributed by atoms with van der Waals surface area (Å²) >= 11 is 3.77. The average molecular weight is 249 g/mol. The third-order valence-corrected chi connectivity index (χ3v) is 4.33. The zero-order chi connectivity index (χ0) is 10.3. The lowest BCUT2D eigenvalue weighted by Crippen LogP contribution is -2.19. The highest BCUT2D eigenvalue weighted by Crippen LogP contribution is 2.30. The van der Waals surface area contributed by atoms with Gasteiger partial charge in [-0.25, -0.2) is 0 Å². The van der Waals surface area contributed by atoms with E-state index >= 15 is 0 Å². The lowest BCUT2D eigenvalue weighted by atomic mass is 9.89. The summed E-state index contributed by atoms with van der Waals surface area (Å²) in [4.78, 5) is 0.682. The molecule has 13 heavy (non-hydrogen) atoms. The van der Waals surface area contributed by atoms with Crippen LogP contribution in [0.1, 0.15) is 66.2 Å². The fourth-order valence-electron chi connectivity index (χ4n) is 1.36. The van der Waals surface area contributed by atoms with Gasteiger partial charge < -0.3 is 0 Å². The Bertz CT molecular complexity index is 113. The molecule has 0 aromatic rings. The molecular weight excluding hydrogens is 224 g/mol. The van der Waals surface area contributed by atoms with Gasteiger partial charge in [0.2, 0.25) is 0 Å². The number of halogens is 1. The molecule has 0 amide bonds. The second kappa shape index (κ2) is 6.86. The van der Waals surface area contributed by atoms with Gasteiger partial charge >= 0.3 is 0 Å². The largest absolute Gasteiger partial charge is 0.0885 e. The van der Waals surface area contributed by atoms with Gasteiger partial charge in [-0.2, -0.15) is 0 Å². The molecule has 0 aromatic heterocycles. The summed E-state index contributed by atoms with van der Waals surface area (Å²) in [6, 6.07) is 0. The summed E-state index contributed by atoms with van der Waals surface area (Å²) in [5.41, 5.74) is 0.421. The van der Waals surface area contributed by atoms with Gasteiger partial charge in [-0.15, -0.1) is 0 Å². The minimum atomic E-state index is 0.421. The van der Waals surface area contributed by atoms with E-state index in [9.17, 15) is 0 Å². The van der Waals surface area contributed by atoms with Gasteiger partial charge in [0.15, 0.2) is 0 Å². The molecule has 0 rings (SSSR count). The molecule has 1 heteroatoms. The zero-order valence-corrected chi connectivity index (χ0v) is 11.3. The van der Waals surface area contributed by atoms with Gasteiger partial charge in [0, 0.05) is 4.83 Å². The molecule has 0 aliphatic carbocycles. The summed E-state index contributed by atoms with van der Waals surface area (Å²) in [5, 5.41) is 0. The van der Waals surface area contributed by atoms with Crippen molar-refractivity contribution in [2.24, 2.45) is 5.41 Å². The Hall–Kier alpha value is 0.480. The molecular formula is C12H25Br. The molecule has 0 N–H and O–H groups in total. The Morgan fingerprint density at radius 1 is 1.00 bits per heavy atom. The van der Waals surface area contributed by atoms with Crippen molar-refractivity contribution < 1.29 is 0 Å². The normalized spacial score (nSPS) is 14.5. The van der Waals surface area contributed by atoms with Crippen molar-refractivity contribution in [3.63, 3.8) is 0 Å². The Kier molecular flexibility index (Phi) is 7.12. The zero-order valence-electron chi connectivity index (χ0n) is 9.70. The van der Waals surface area contributed by atoms with E-state index in [0.29, 0.717) is 10.2 Å². The third-order valence-electron chi connectivity index (χ3n) is 2.50. The maximum Gasteiger partial charge on any atom is 0.0194 e. The first kappa shape index (κ1) is 13.5. The van der Waals surface area contributed by atoms with Crippen molar-refractivity contribution in [3.8, 4) is 0 Å². The van der Waals surface area contributed by atoms with E-state index in [1.165, 1.54) is 38.5 Å². The molecule has 80 valence electrons. The summed E-state index contributed by atoms with van der Waals surface area (Å²) in [6.45, 7) is 9.18. The van der Waals surface area contributed by atoms with Gasteiger partial charge in [-0.1, -0.05) is 75.7 Å². The van der Waals surface area contributed by atoms with Crippen LogP contribution >= 0.6 is 15.9 Å². The van der Waals surface area contributed by atoms with Crippen LogP contribution in [0.5, 0.6) is 0 Å². The highest BCUT2D eigenvalue weighted by Gasteiger charge is 2.20. The molecule has 0 saturated carbocycles. The first-order chi connectivity index (χ1) is 5.98.